The van der Waals surface area contributed by atoms with E-state index >= 15 is 0 Å². The van der Waals surface area contributed by atoms with E-state index in [0.717, 1.165) is 32.0 Å². The molecule has 0 spiro atoms. The third kappa shape index (κ3) is 3.50. The van der Waals surface area contributed by atoms with Gasteiger partial charge in [-0.3, -0.25) is 0 Å². The van der Waals surface area contributed by atoms with E-state index in [4.69, 9.17) is 10.5 Å². The fourth-order valence-electron chi connectivity index (χ4n) is 1.63. The lowest BCUT2D eigenvalue weighted by Crippen LogP contribution is -2.32. The van der Waals surface area contributed by atoms with Crippen molar-refractivity contribution >= 4 is 5.95 Å². The molecule has 1 heterocycles. The van der Waals surface area contributed by atoms with Crippen LogP contribution in [0.15, 0.2) is 12.4 Å². The van der Waals surface area contributed by atoms with Gasteiger partial charge in [0.15, 0.2) is 0 Å². The highest BCUT2D eigenvalue weighted by atomic mass is 16.5. The Labute approximate surface area is 97.2 Å². The molecule has 0 atom stereocenters. The van der Waals surface area contributed by atoms with Crippen molar-refractivity contribution in [1.29, 1.82) is 0 Å². The molecule has 92 valence electrons. The van der Waals surface area contributed by atoms with Crippen LogP contribution in [0.25, 0.3) is 0 Å². The van der Waals surface area contributed by atoms with Crippen LogP contribution >= 0.6 is 0 Å². The first-order valence-electron chi connectivity index (χ1n) is 5.78. The largest absolute Gasteiger partial charge is 0.383 e. The van der Waals surface area contributed by atoms with Crippen LogP contribution in [0.5, 0.6) is 0 Å². The van der Waals surface area contributed by atoms with Gasteiger partial charge in [0, 0.05) is 39.1 Å². The van der Waals surface area contributed by atoms with E-state index in [0.29, 0.717) is 13.2 Å². The fourth-order valence-corrected chi connectivity index (χ4v) is 1.63. The van der Waals surface area contributed by atoms with Crippen molar-refractivity contribution in [3.05, 3.63) is 12.4 Å². The van der Waals surface area contributed by atoms with Crippen LogP contribution in [-0.4, -0.2) is 42.9 Å². The molecule has 0 fully saturated rings. The Bertz CT molecular complexity index is 279. The highest BCUT2D eigenvalue weighted by molar-refractivity contribution is 5.31. The van der Waals surface area contributed by atoms with E-state index in [-0.39, 0.29) is 0 Å². The summed E-state index contributed by atoms with van der Waals surface area (Å²) in [4.78, 5) is 6.61. The minimum atomic E-state index is 0.705. The molecule has 5 heteroatoms. The Morgan fingerprint density at radius 1 is 1.50 bits per heavy atom. The first kappa shape index (κ1) is 13.0. The van der Waals surface area contributed by atoms with Gasteiger partial charge in [0.05, 0.1) is 6.61 Å². The number of rotatable bonds is 8. The molecule has 0 bridgehead atoms. The van der Waals surface area contributed by atoms with Gasteiger partial charge in [0.2, 0.25) is 5.95 Å². The average Bonchev–Trinajstić information content (AvgIpc) is 2.77. The van der Waals surface area contributed by atoms with Crippen LogP contribution in [0, 0.1) is 0 Å². The number of aromatic nitrogens is 2. The average molecular weight is 226 g/mol. The fraction of sp³-hybridized carbons (Fsp3) is 0.727. The van der Waals surface area contributed by atoms with E-state index in [1.807, 2.05) is 12.4 Å². The first-order chi connectivity index (χ1) is 7.83. The number of hydrogen-bond acceptors (Lipinski definition) is 4. The zero-order valence-electron chi connectivity index (χ0n) is 10.2. The van der Waals surface area contributed by atoms with E-state index in [2.05, 4.69) is 21.4 Å². The van der Waals surface area contributed by atoms with Gasteiger partial charge in [0.25, 0.3) is 0 Å². The second kappa shape index (κ2) is 7.24. The predicted molar refractivity (Wildman–Crippen MR) is 65.7 cm³/mol. The molecular weight excluding hydrogens is 204 g/mol. The third-order valence-corrected chi connectivity index (χ3v) is 2.51. The van der Waals surface area contributed by atoms with Crippen LogP contribution in [0.1, 0.15) is 13.3 Å². The minimum Gasteiger partial charge on any atom is -0.383 e. The van der Waals surface area contributed by atoms with Crippen LogP contribution in [0.3, 0.4) is 0 Å². The maximum atomic E-state index is 5.54. The molecule has 1 aromatic heterocycles. The highest BCUT2D eigenvalue weighted by Gasteiger charge is 2.10. The van der Waals surface area contributed by atoms with E-state index < -0.39 is 0 Å². The van der Waals surface area contributed by atoms with Gasteiger partial charge in [-0.25, -0.2) is 4.98 Å². The summed E-state index contributed by atoms with van der Waals surface area (Å²) in [5.41, 5.74) is 5.54. The zero-order chi connectivity index (χ0) is 11.8. The Balaban J connectivity index is 2.66. The number of anilines is 1. The lowest BCUT2D eigenvalue weighted by molar-refractivity contribution is 0.204. The normalized spacial score (nSPS) is 10.7. The number of aryl methyl sites for hydroxylation is 1. The number of imidazole rings is 1. The number of ether oxygens (including phenoxy) is 1. The van der Waals surface area contributed by atoms with Gasteiger partial charge in [-0.1, -0.05) is 0 Å². The smallest absolute Gasteiger partial charge is 0.205 e. The number of nitrogens with zero attached hydrogens (tertiary/aromatic N) is 3. The summed E-state index contributed by atoms with van der Waals surface area (Å²) in [6, 6.07) is 0. The molecule has 2 N–H and O–H groups in total. The summed E-state index contributed by atoms with van der Waals surface area (Å²) in [5, 5.41) is 0. The Hall–Kier alpha value is -1.07. The quantitative estimate of drug-likeness (QED) is 0.709. The Kier molecular flexibility index (Phi) is 5.88. The number of nitrogens with two attached hydrogens (primary N) is 1. The summed E-state index contributed by atoms with van der Waals surface area (Å²) >= 11 is 0. The summed E-state index contributed by atoms with van der Waals surface area (Å²) < 4.78 is 7.25. The van der Waals surface area contributed by atoms with E-state index in [1.165, 1.54) is 0 Å². The SMILES string of the molecule is CCn1ccnc1N(CCCN)CCOC. The first-order valence-corrected chi connectivity index (χ1v) is 5.78. The Morgan fingerprint density at radius 3 is 2.94 bits per heavy atom. The molecule has 0 saturated heterocycles. The standard InChI is InChI=1S/C11H22N4O/c1-3-14-8-6-13-11(14)15(7-4-5-12)9-10-16-2/h6,8H,3-5,7,9-10,12H2,1-2H3. The molecule has 16 heavy (non-hydrogen) atoms. The maximum absolute atomic E-state index is 5.54. The second-order valence-electron chi connectivity index (χ2n) is 3.64. The van der Waals surface area contributed by atoms with Crippen molar-refractivity contribution in [2.24, 2.45) is 5.73 Å². The zero-order valence-corrected chi connectivity index (χ0v) is 10.2. The molecular formula is C11H22N4O. The van der Waals surface area contributed by atoms with Gasteiger partial charge >= 0.3 is 0 Å². The molecule has 0 aromatic carbocycles. The van der Waals surface area contributed by atoms with Gasteiger partial charge in [-0.15, -0.1) is 0 Å². The molecule has 1 aromatic rings. The molecule has 0 radical (unpaired) electrons. The second-order valence-corrected chi connectivity index (χ2v) is 3.64. The lowest BCUT2D eigenvalue weighted by atomic mass is 10.4. The molecule has 0 aliphatic rings. The van der Waals surface area contributed by atoms with Crippen molar-refractivity contribution in [3.8, 4) is 0 Å². The van der Waals surface area contributed by atoms with Gasteiger partial charge in [-0.2, -0.15) is 0 Å². The number of methoxy groups -OCH3 is 1. The maximum Gasteiger partial charge on any atom is 0.205 e. The summed E-state index contributed by atoms with van der Waals surface area (Å²) in [6.45, 7) is 6.24. The Morgan fingerprint density at radius 2 is 2.31 bits per heavy atom. The van der Waals surface area contributed by atoms with Gasteiger partial charge < -0.3 is 19.9 Å². The van der Waals surface area contributed by atoms with Gasteiger partial charge in [0.1, 0.15) is 0 Å². The van der Waals surface area contributed by atoms with Crippen LogP contribution in [0.2, 0.25) is 0 Å². The molecule has 0 amide bonds. The molecule has 0 aliphatic heterocycles. The van der Waals surface area contributed by atoms with Crippen LogP contribution < -0.4 is 10.6 Å². The molecule has 1 rings (SSSR count). The van der Waals surface area contributed by atoms with Crippen LogP contribution in [-0.2, 0) is 11.3 Å². The molecule has 5 nitrogen and oxygen atoms in total. The van der Waals surface area contributed by atoms with Crippen molar-refractivity contribution in [1.82, 2.24) is 9.55 Å². The van der Waals surface area contributed by atoms with Crippen molar-refractivity contribution in [2.75, 3.05) is 38.3 Å². The lowest BCUT2D eigenvalue weighted by Gasteiger charge is -2.23. The minimum absolute atomic E-state index is 0.705. The van der Waals surface area contributed by atoms with Gasteiger partial charge in [-0.05, 0) is 19.9 Å². The van der Waals surface area contributed by atoms with Crippen molar-refractivity contribution < 1.29 is 4.74 Å². The monoisotopic (exact) mass is 226 g/mol. The van der Waals surface area contributed by atoms with Crippen molar-refractivity contribution in [2.45, 2.75) is 19.9 Å². The van der Waals surface area contributed by atoms with E-state index in [9.17, 15) is 0 Å². The number of hydrogen-bond donors (Lipinski definition) is 1. The molecule has 0 aliphatic carbocycles. The van der Waals surface area contributed by atoms with Crippen molar-refractivity contribution in [3.63, 3.8) is 0 Å². The summed E-state index contributed by atoms with van der Waals surface area (Å²) in [6.07, 6.45) is 4.80. The third-order valence-electron chi connectivity index (χ3n) is 2.51. The topological polar surface area (TPSA) is 56.3 Å². The summed E-state index contributed by atoms with van der Waals surface area (Å²) in [7, 11) is 1.72. The van der Waals surface area contributed by atoms with Crippen LogP contribution in [0.4, 0.5) is 5.95 Å². The van der Waals surface area contributed by atoms with E-state index in [1.54, 1.807) is 7.11 Å². The summed E-state index contributed by atoms with van der Waals surface area (Å²) in [5.74, 6) is 1.01. The highest BCUT2D eigenvalue weighted by Crippen LogP contribution is 2.11. The predicted octanol–water partition coefficient (Wildman–Crippen LogP) is 0.705. The molecule has 0 saturated carbocycles. The molecule has 0 unspecified atom stereocenters.